The Labute approximate surface area is 154 Å². The number of imidazole rings is 1. The maximum absolute atomic E-state index is 11.3. The van der Waals surface area contributed by atoms with Crippen LogP contribution in [0.15, 0.2) is 34.8 Å². The molecule has 2 aromatic heterocycles. The van der Waals surface area contributed by atoms with Crippen LogP contribution < -0.4 is 9.88 Å². The van der Waals surface area contributed by atoms with Gasteiger partial charge < -0.3 is 14.2 Å². The van der Waals surface area contributed by atoms with Crippen molar-refractivity contribution in [1.82, 2.24) is 14.6 Å². The van der Waals surface area contributed by atoms with Crippen LogP contribution in [0.3, 0.4) is 0 Å². The summed E-state index contributed by atoms with van der Waals surface area (Å²) in [5.41, 5.74) is 1.54. The molecule has 0 unspecified atom stereocenters. The molecule has 0 amide bonds. The van der Waals surface area contributed by atoms with E-state index in [2.05, 4.69) is 10.1 Å². The molecule has 0 saturated carbocycles. The van der Waals surface area contributed by atoms with Gasteiger partial charge in [0.1, 0.15) is 12.4 Å². The molecule has 0 fully saturated rings. The highest BCUT2D eigenvalue weighted by Gasteiger charge is 2.17. The van der Waals surface area contributed by atoms with Crippen LogP contribution in [0.2, 0.25) is 0 Å². The van der Waals surface area contributed by atoms with Crippen molar-refractivity contribution in [1.29, 1.82) is 0 Å². The summed E-state index contributed by atoms with van der Waals surface area (Å²) in [6.07, 6.45) is 1.65. The third-order valence-electron chi connectivity index (χ3n) is 3.35. The third-order valence-corrected chi connectivity index (χ3v) is 5.58. The molecule has 1 aromatic carbocycles. The Morgan fingerprint density at radius 1 is 1.15 bits per heavy atom. The molecule has 0 aliphatic heterocycles. The molecule has 2 heterocycles. The molecular formula is C15H18N4O5S2. The number of hydrogen-bond donors (Lipinski definition) is 1. The second-order valence-electron chi connectivity index (χ2n) is 5.24. The van der Waals surface area contributed by atoms with Crippen LogP contribution in [0.5, 0.6) is 5.75 Å². The standard InChI is InChI=1S/C15H18N4O5S2/c1-22-6-7-23-8-9-24-12-4-2-11(3-5-12)13-10-19-14(17-13)25-15(18-19)26(16,20)21/h2-5,10H,6-9H2,1H3,(H2,16,20,21). The lowest BCUT2D eigenvalue weighted by Crippen LogP contribution is -2.12. The molecule has 0 atom stereocenters. The lowest BCUT2D eigenvalue weighted by atomic mass is 10.2. The van der Waals surface area contributed by atoms with Crippen molar-refractivity contribution in [3.63, 3.8) is 0 Å². The van der Waals surface area contributed by atoms with Gasteiger partial charge >= 0.3 is 0 Å². The number of primary sulfonamides is 1. The van der Waals surface area contributed by atoms with Crippen LogP contribution in [0.4, 0.5) is 0 Å². The van der Waals surface area contributed by atoms with Crippen LogP contribution in [0.25, 0.3) is 16.2 Å². The number of nitrogens with two attached hydrogens (primary N) is 1. The zero-order chi connectivity index (χ0) is 18.6. The minimum absolute atomic E-state index is 0.164. The van der Waals surface area contributed by atoms with Crippen molar-refractivity contribution in [3.8, 4) is 17.0 Å². The van der Waals surface area contributed by atoms with E-state index in [1.165, 1.54) is 4.52 Å². The Morgan fingerprint density at radius 2 is 1.88 bits per heavy atom. The predicted octanol–water partition coefficient (Wildman–Crippen LogP) is 1.15. The van der Waals surface area contributed by atoms with E-state index in [9.17, 15) is 8.42 Å². The number of rotatable bonds is 9. The Hall–Kier alpha value is -2.05. The Kier molecular flexibility index (Phi) is 5.84. The average Bonchev–Trinajstić information content (AvgIpc) is 3.17. The first-order valence-corrected chi connectivity index (χ1v) is 10.0. The lowest BCUT2D eigenvalue weighted by molar-refractivity contribution is 0.0544. The van der Waals surface area contributed by atoms with Gasteiger partial charge in [0.2, 0.25) is 9.30 Å². The van der Waals surface area contributed by atoms with Gasteiger partial charge in [-0.05, 0) is 24.3 Å². The summed E-state index contributed by atoms with van der Waals surface area (Å²) >= 11 is 0.922. The minimum Gasteiger partial charge on any atom is -0.491 e. The summed E-state index contributed by atoms with van der Waals surface area (Å²) in [6.45, 7) is 2.03. The minimum atomic E-state index is -3.82. The van der Waals surface area contributed by atoms with E-state index < -0.39 is 10.0 Å². The highest BCUT2D eigenvalue weighted by molar-refractivity contribution is 7.91. The van der Waals surface area contributed by atoms with Gasteiger partial charge in [-0.25, -0.2) is 23.1 Å². The van der Waals surface area contributed by atoms with E-state index in [-0.39, 0.29) is 4.34 Å². The molecule has 0 aliphatic rings. The number of methoxy groups -OCH3 is 1. The number of ether oxygens (including phenoxy) is 3. The van der Waals surface area contributed by atoms with E-state index in [4.69, 9.17) is 19.3 Å². The van der Waals surface area contributed by atoms with Crippen LogP contribution in [-0.2, 0) is 19.5 Å². The molecule has 0 saturated heterocycles. The number of aromatic nitrogens is 3. The van der Waals surface area contributed by atoms with Gasteiger partial charge in [0, 0.05) is 12.7 Å². The molecule has 140 valence electrons. The Balaban J connectivity index is 1.61. The van der Waals surface area contributed by atoms with Gasteiger partial charge in [-0.3, -0.25) is 0 Å². The first kappa shape index (κ1) is 18.7. The van der Waals surface area contributed by atoms with Crippen molar-refractivity contribution in [3.05, 3.63) is 30.5 Å². The second-order valence-corrected chi connectivity index (χ2v) is 7.94. The highest BCUT2D eigenvalue weighted by Crippen LogP contribution is 2.25. The summed E-state index contributed by atoms with van der Waals surface area (Å²) in [5.74, 6) is 0.722. The fraction of sp³-hybridized carbons (Fsp3) is 0.333. The fourth-order valence-electron chi connectivity index (χ4n) is 2.12. The van der Waals surface area contributed by atoms with E-state index in [1.807, 2.05) is 24.3 Å². The molecule has 2 N–H and O–H groups in total. The van der Waals surface area contributed by atoms with Crippen molar-refractivity contribution >= 4 is 26.3 Å². The average molecular weight is 398 g/mol. The molecule has 0 bridgehead atoms. The van der Waals surface area contributed by atoms with E-state index in [0.717, 1.165) is 22.6 Å². The molecule has 0 radical (unpaired) electrons. The van der Waals surface area contributed by atoms with E-state index >= 15 is 0 Å². The van der Waals surface area contributed by atoms with E-state index in [0.29, 0.717) is 37.1 Å². The number of hydrogen-bond acceptors (Lipinski definition) is 8. The fourth-order valence-corrected chi connectivity index (χ4v) is 3.63. The molecule has 3 rings (SSSR count). The Bertz CT molecular complexity index is 934. The zero-order valence-electron chi connectivity index (χ0n) is 14.0. The topological polar surface area (TPSA) is 118 Å². The first-order valence-electron chi connectivity index (χ1n) is 7.66. The smallest absolute Gasteiger partial charge is 0.267 e. The second kappa shape index (κ2) is 8.10. The molecular weight excluding hydrogens is 380 g/mol. The first-order chi connectivity index (χ1) is 12.5. The van der Waals surface area contributed by atoms with Gasteiger partial charge in [0.25, 0.3) is 10.0 Å². The van der Waals surface area contributed by atoms with Crippen LogP contribution >= 0.6 is 11.3 Å². The van der Waals surface area contributed by atoms with Gasteiger partial charge in [-0.15, -0.1) is 5.10 Å². The quantitative estimate of drug-likeness (QED) is 0.537. The molecule has 11 heteroatoms. The largest absolute Gasteiger partial charge is 0.491 e. The lowest BCUT2D eigenvalue weighted by Gasteiger charge is -2.07. The summed E-state index contributed by atoms with van der Waals surface area (Å²) in [7, 11) is -2.20. The number of fused-ring (bicyclic) bond motifs is 1. The molecule has 9 nitrogen and oxygen atoms in total. The van der Waals surface area contributed by atoms with Gasteiger partial charge in [-0.1, -0.05) is 11.3 Å². The number of sulfonamides is 1. The predicted molar refractivity (Wildman–Crippen MR) is 95.9 cm³/mol. The molecule has 26 heavy (non-hydrogen) atoms. The zero-order valence-corrected chi connectivity index (χ0v) is 15.6. The SMILES string of the molecule is COCCOCCOc1ccc(-c2cn3nc(S(N)(=O)=O)sc3n2)cc1. The normalized spacial score (nSPS) is 11.9. The number of nitrogens with zero attached hydrogens (tertiary/aromatic N) is 3. The highest BCUT2D eigenvalue weighted by atomic mass is 32.2. The summed E-state index contributed by atoms with van der Waals surface area (Å²) in [6, 6.07) is 7.41. The van der Waals surface area contributed by atoms with Gasteiger partial charge in [-0.2, -0.15) is 0 Å². The molecule has 0 spiro atoms. The van der Waals surface area contributed by atoms with Crippen LogP contribution in [0, 0.1) is 0 Å². The van der Waals surface area contributed by atoms with Gasteiger partial charge in [0.05, 0.1) is 31.7 Å². The van der Waals surface area contributed by atoms with E-state index in [1.54, 1.807) is 13.3 Å². The summed E-state index contributed by atoms with van der Waals surface area (Å²) in [4.78, 5) is 4.83. The Morgan fingerprint density at radius 3 is 2.54 bits per heavy atom. The summed E-state index contributed by atoms with van der Waals surface area (Å²) in [5, 5.41) is 9.00. The maximum atomic E-state index is 11.3. The van der Waals surface area contributed by atoms with Crippen molar-refractivity contribution in [2.45, 2.75) is 4.34 Å². The molecule has 0 aliphatic carbocycles. The van der Waals surface area contributed by atoms with Crippen LogP contribution in [0.1, 0.15) is 0 Å². The van der Waals surface area contributed by atoms with Crippen molar-refractivity contribution in [2.24, 2.45) is 5.14 Å². The van der Waals surface area contributed by atoms with Crippen LogP contribution in [-0.4, -0.2) is 56.6 Å². The number of benzene rings is 1. The third kappa shape index (κ3) is 4.56. The monoisotopic (exact) mass is 398 g/mol. The maximum Gasteiger partial charge on any atom is 0.267 e. The van der Waals surface area contributed by atoms with Crippen molar-refractivity contribution in [2.75, 3.05) is 33.5 Å². The molecule has 3 aromatic rings. The van der Waals surface area contributed by atoms with Gasteiger partial charge in [0.15, 0.2) is 0 Å². The summed E-state index contributed by atoms with van der Waals surface area (Å²) < 4.78 is 39.7. The van der Waals surface area contributed by atoms with Crippen molar-refractivity contribution < 1.29 is 22.6 Å².